The molecule has 0 amide bonds. The molecule has 0 saturated heterocycles. The maximum Gasteiger partial charge on any atom is 0.198 e. The van der Waals surface area contributed by atoms with E-state index < -0.39 is 0 Å². The first-order chi connectivity index (χ1) is 9.11. The van der Waals surface area contributed by atoms with Crippen molar-refractivity contribution in [1.82, 2.24) is 25.3 Å². The predicted octanol–water partition coefficient (Wildman–Crippen LogP) is 1.62. The molecule has 0 saturated carbocycles. The number of aromatic nitrogens is 4. The van der Waals surface area contributed by atoms with Crippen LogP contribution in [0, 0.1) is 20.8 Å². The van der Waals surface area contributed by atoms with Gasteiger partial charge in [-0.15, -0.1) is 0 Å². The molecule has 0 spiro atoms. The summed E-state index contributed by atoms with van der Waals surface area (Å²) in [6.07, 6.45) is 4.50. The molecule has 5 heteroatoms. The van der Waals surface area contributed by atoms with Gasteiger partial charge >= 0.3 is 0 Å². The Morgan fingerprint density at radius 1 is 0.947 bits per heavy atom. The van der Waals surface area contributed by atoms with Gasteiger partial charge in [-0.3, -0.25) is 0 Å². The zero-order valence-electron chi connectivity index (χ0n) is 11.9. The van der Waals surface area contributed by atoms with Crippen molar-refractivity contribution in [2.45, 2.75) is 27.2 Å². The lowest BCUT2D eigenvalue weighted by Gasteiger charge is -2.10. The van der Waals surface area contributed by atoms with Crippen molar-refractivity contribution in [3.8, 4) is 11.6 Å². The molecule has 1 N–H and O–H groups in total. The molecule has 5 nitrogen and oxygen atoms in total. The van der Waals surface area contributed by atoms with Crippen LogP contribution in [0.1, 0.15) is 22.5 Å². The molecular weight excluding hydrogens is 238 g/mol. The number of hydrogen-bond acceptors (Lipinski definition) is 5. The van der Waals surface area contributed by atoms with Crippen LogP contribution in [0.15, 0.2) is 12.4 Å². The zero-order chi connectivity index (χ0) is 13.8. The molecule has 0 aliphatic carbocycles. The largest absolute Gasteiger partial charge is 0.319 e. The van der Waals surface area contributed by atoms with Gasteiger partial charge in [0.1, 0.15) is 0 Å². The normalized spacial score (nSPS) is 10.7. The van der Waals surface area contributed by atoms with E-state index in [1.165, 1.54) is 5.56 Å². The van der Waals surface area contributed by atoms with Crippen molar-refractivity contribution in [3.63, 3.8) is 0 Å². The molecule has 0 fully saturated rings. The highest BCUT2D eigenvalue weighted by Crippen LogP contribution is 2.16. The van der Waals surface area contributed by atoms with Crippen LogP contribution in [0.4, 0.5) is 0 Å². The van der Waals surface area contributed by atoms with Gasteiger partial charge < -0.3 is 5.32 Å². The molecule has 0 atom stereocenters. The Morgan fingerprint density at radius 3 is 2.05 bits per heavy atom. The van der Waals surface area contributed by atoms with Gasteiger partial charge in [0.2, 0.25) is 0 Å². The van der Waals surface area contributed by atoms with Gasteiger partial charge in [0.25, 0.3) is 0 Å². The number of rotatable bonds is 4. The summed E-state index contributed by atoms with van der Waals surface area (Å²) in [5.41, 5.74) is 4.23. The Balaban J connectivity index is 2.36. The van der Waals surface area contributed by atoms with E-state index in [1.807, 2.05) is 27.8 Å². The van der Waals surface area contributed by atoms with Gasteiger partial charge in [-0.05, 0) is 51.9 Å². The van der Waals surface area contributed by atoms with Crippen molar-refractivity contribution in [2.24, 2.45) is 0 Å². The quantitative estimate of drug-likeness (QED) is 0.901. The summed E-state index contributed by atoms with van der Waals surface area (Å²) < 4.78 is 0. The molecule has 0 bridgehead atoms. The van der Waals surface area contributed by atoms with Gasteiger partial charge in [-0.25, -0.2) is 19.9 Å². The molecule has 2 aromatic heterocycles. The van der Waals surface area contributed by atoms with Crippen LogP contribution >= 0.6 is 0 Å². The van der Waals surface area contributed by atoms with Crippen LogP contribution in [-0.4, -0.2) is 33.5 Å². The lowest BCUT2D eigenvalue weighted by atomic mass is 10.1. The van der Waals surface area contributed by atoms with Crippen LogP contribution in [0.3, 0.4) is 0 Å². The molecular formula is C14H19N5. The first kappa shape index (κ1) is 13.5. The van der Waals surface area contributed by atoms with E-state index in [1.54, 1.807) is 12.4 Å². The third kappa shape index (κ3) is 3.12. The first-order valence-electron chi connectivity index (χ1n) is 6.39. The van der Waals surface area contributed by atoms with Crippen molar-refractivity contribution < 1.29 is 0 Å². The van der Waals surface area contributed by atoms with Crippen LogP contribution in [0.5, 0.6) is 0 Å². The Morgan fingerprint density at radius 2 is 1.53 bits per heavy atom. The lowest BCUT2D eigenvalue weighted by molar-refractivity contribution is 0.774. The zero-order valence-corrected chi connectivity index (χ0v) is 11.9. The highest BCUT2D eigenvalue weighted by atomic mass is 15.0. The third-order valence-corrected chi connectivity index (χ3v) is 3.03. The molecule has 100 valence electrons. The van der Waals surface area contributed by atoms with Crippen LogP contribution < -0.4 is 5.32 Å². The minimum absolute atomic E-state index is 0.581. The SMILES string of the molecule is CNCCc1c(C)nc(-c2ncc(C)cn2)nc1C. The molecule has 0 unspecified atom stereocenters. The summed E-state index contributed by atoms with van der Waals surface area (Å²) in [4.78, 5) is 17.6. The van der Waals surface area contributed by atoms with Crippen LogP contribution in [0.2, 0.25) is 0 Å². The maximum atomic E-state index is 4.52. The van der Waals surface area contributed by atoms with Crippen LogP contribution in [0.25, 0.3) is 11.6 Å². The van der Waals surface area contributed by atoms with Crippen LogP contribution in [-0.2, 0) is 6.42 Å². The predicted molar refractivity (Wildman–Crippen MR) is 74.9 cm³/mol. The summed E-state index contributed by atoms with van der Waals surface area (Å²) in [7, 11) is 1.94. The average molecular weight is 257 g/mol. The number of nitrogens with zero attached hydrogens (tertiary/aromatic N) is 4. The Bertz CT molecular complexity index is 540. The van der Waals surface area contributed by atoms with Gasteiger partial charge in [-0.1, -0.05) is 0 Å². The molecule has 2 heterocycles. The molecule has 0 radical (unpaired) electrons. The van der Waals surface area contributed by atoms with E-state index in [0.717, 1.165) is 29.9 Å². The van der Waals surface area contributed by atoms with Crippen molar-refractivity contribution >= 4 is 0 Å². The second-order valence-electron chi connectivity index (χ2n) is 4.63. The highest BCUT2D eigenvalue weighted by Gasteiger charge is 2.11. The summed E-state index contributed by atoms with van der Waals surface area (Å²) in [5.74, 6) is 1.18. The van der Waals surface area contributed by atoms with Gasteiger partial charge in [0.15, 0.2) is 11.6 Å². The van der Waals surface area contributed by atoms with E-state index in [9.17, 15) is 0 Å². The van der Waals surface area contributed by atoms with Crippen molar-refractivity contribution in [2.75, 3.05) is 13.6 Å². The summed E-state index contributed by atoms with van der Waals surface area (Å²) in [5, 5.41) is 3.14. The molecule has 19 heavy (non-hydrogen) atoms. The van der Waals surface area contributed by atoms with Gasteiger partial charge in [-0.2, -0.15) is 0 Å². The topological polar surface area (TPSA) is 63.6 Å². The Hall–Kier alpha value is -1.88. The summed E-state index contributed by atoms with van der Waals surface area (Å²) >= 11 is 0. The maximum absolute atomic E-state index is 4.52. The number of nitrogens with one attached hydrogen (secondary N) is 1. The monoisotopic (exact) mass is 257 g/mol. The van der Waals surface area contributed by atoms with Gasteiger partial charge in [0.05, 0.1) is 0 Å². The minimum atomic E-state index is 0.581. The fraction of sp³-hybridized carbons (Fsp3) is 0.429. The van der Waals surface area contributed by atoms with E-state index in [2.05, 4.69) is 25.3 Å². The van der Waals surface area contributed by atoms with E-state index in [0.29, 0.717) is 11.6 Å². The minimum Gasteiger partial charge on any atom is -0.319 e. The fourth-order valence-corrected chi connectivity index (χ4v) is 1.96. The first-order valence-corrected chi connectivity index (χ1v) is 6.39. The van der Waals surface area contributed by atoms with Gasteiger partial charge in [0, 0.05) is 23.8 Å². The molecule has 2 aromatic rings. The molecule has 0 aromatic carbocycles. The number of likely N-dealkylation sites (N-methyl/N-ethyl adjacent to an activating group) is 1. The lowest BCUT2D eigenvalue weighted by Crippen LogP contribution is -2.13. The number of aryl methyl sites for hydroxylation is 3. The number of hydrogen-bond donors (Lipinski definition) is 1. The van der Waals surface area contributed by atoms with Crippen molar-refractivity contribution in [3.05, 3.63) is 34.9 Å². The van der Waals surface area contributed by atoms with E-state index in [-0.39, 0.29) is 0 Å². The Kier molecular flexibility index (Phi) is 4.16. The second-order valence-corrected chi connectivity index (χ2v) is 4.63. The Labute approximate surface area is 113 Å². The second kappa shape index (κ2) is 5.84. The molecule has 0 aliphatic heterocycles. The van der Waals surface area contributed by atoms with E-state index >= 15 is 0 Å². The van der Waals surface area contributed by atoms with E-state index in [4.69, 9.17) is 0 Å². The standard InChI is InChI=1S/C14H19N5/c1-9-7-16-13(17-8-9)14-18-10(2)12(5-6-15-4)11(3)19-14/h7-8,15H,5-6H2,1-4H3. The molecule has 2 rings (SSSR count). The summed E-state index contributed by atoms with van der Waals surface area (Å²) in [6.45, 7) is 6.90. The summed E-state index contributed by atoms with van der Waals surface area (Å²) in [6, 6.07) is 0. The fourth-order valence-electron chi connectivity index (χ4n) is 1.96. The smallest absolute Gasteiger partial charge is 0.198 e. The highest BCUT2D eigenvalue weighted by molar-refractivity contribution is 5.45. The average Bonchev–Trinajstić information content (AvgIpc) is 2.38. The van der Waals surface area contributed by atoms with Crippen molar-refractivity contribution in [1.29, 1.82) is 0 Å². The molecule has 0 aliphatic rings. The third-order valence-electron chi connectivity index (χ3n) is 3.03.